The molecule has 0 aliphatic rings. The van der Waals surface area contributed by atoms with Gasteiger partial charge in [-0.05, 0) is 31.5 Å². The van der Waals surface area contributed by atoms with E-state index in [2.05, 4.69) is 15.4 Å². The van der Waals surface area contributed by atoms with E-state index in [9.17, 15) is 9.59 Å². The SMILES string of the molecule is CC(C)n1nc(-c2cc(C(=O)NCc3ccccc3)cnc2-c2ccccc2)ccc1=O. The molecule has 4 aromatic rings. The van der Waals surface area contributed by atoms with Crippen molar-refractivity contribution in [1.29, 1.82) is 0 Å². The van der Waals surface area contributed by atoms with Crippen molar-refractivity contribution in [3.63, 3.8) is 0 Å². The van der Waals surface area contributed by atoms with E-state index in [4.69, 9.17) is 0 Å². The summed E-state index contributed by atoms with van der Waals surface area (Å²) in [7, 11) is 0. The van der Waals surface area contributed by atoms with E-state index < -0.39 is 0 Å². The van der Waals surface area contributed by atoms with Gasteiger partial charge in [-0.15, -0.1) is 0 Å². The minimum absolute atomic E-state index is 0.0899. The number of carbonyl (C=O) groups is 1. The zero-order chi connectivity index (χ0) is 22.5. The number of nitrogens with zero attached hydrogens (tertiary/aromatic N) is 3. The Balaban J connectivity index is 1.75. The third-order valence-corrected chi connectivity index (χ3v) is 5.08. The van der Waals surface area contributed by atoms with Crippen LogP contribution >= 0.6 is 0 Å². The summed E-state index contributed by atoms with van der Waals surface area (Å²) >= 11 is 0. The quantitative estimate of drug-likeness (QED) is 0.495. The first-order valence-corrected chi connectivity index (χ1v) is 10.5. The maximum atomic E-state index is 12.9. The predicted molar refractivity (Wildman–Crippen MR) is 125 cm³/mol. The molecule has 1 N–H and O–H groups in total. The average Bonchev–Trinajstić information content (AvgIpc) is 2.83. The molecule has 0 fully saturated rings. The molecule has 32 heavy (non-hydrogen) atoms. The number of amides is 1. The fourth-order valence-corrected chi connectivity index (χ4v) is 3.43. The molecule has 2 aromatic carbocycles. The Morgan fingerprint density at radius 1 is 0.969 bits per heavy atom. The molecule has 0 aliphatic heterocycles. The maximum absolute atomic E-state index is 12.9. The number of carbonyl (C=O) groups excluding carboxylic acids is 1. The molecule has 6 heteroatoms. The summed E-state index contributed by atoms with van der Waals surface area (Å²) in [4.78, 5) is 29.7. The second-order valence-corrected chi connectivity index (χ2v) is 7.75. The predicted octanol–water partition coefficient (Wildman–Crippen LogP) is 4.48. The summed E-state index contributed by atoms with van der Waals surface area (Å²) in [5, 5.41) is 7.49. The first-order chi connectivity index (χ1) is 15.5. The van der Waals surface area contributed by atoms with E-state index in [1.54, 1.807) is 18.3 Å². The highest BCUT2D eigenvalue weighted by Crippen LogP contribution is 2.29. The second kappa shape index (κ2) is 9.39. The Hall–Kier alpha value is -4.06. The summed E-state index contributed by atoms with van der Waals surface area (Å²) in [5.41, 5.74) is 4.16. The second-order valence-electron chi connectivity index (χ2n) is 7.75. The number of hydrogen-bond donors (Lipinski definition) is 1. The van der Waals surface area contributed by atoms with E-state index in [0.717, 1.165) is 11.1 Å². The number of hydrogen-bond acceptors (Lipinski definition) is 4. The van der Waals surface area contributed by atoms with Crippen LogP contribution in [-0.4, -0.2) is 20.7 Å². The van der Waals surface area contributed by atoms with Gasteiger partial charge in [0.15, 0.2) is 0 Å². The van der Waals surface area contributed by atoms with Crippen molar-refractivity contribution in [2.45, 2.75) is 26.4 Å². The van der Waals surface area contributed by atoms with Gasteiger partial charge in [0.05, 0.1) is 23.0 Å². The van der Waals surface area contributed by atoms with Gasteiger partial charge in [-0.25, -0.2) is 4.68 Å². The summed E-state index contributed by atoms with van der Waals surface area (Å²) in [6.45, 7) is 4.23. The lowest BCUT2D eigenvalue weighted by Crippen LogP contribution is -2.24. The highest BCUT2D eigenvalue weighted by molar-refractivity contribution is 5.96. The molecule has 4 rings (SSSR count). The van der Waals surface area contributed by atoms with Crippen LogP contribution < -0.4 is 10.9 Å². The first-order valence-electron chi connectivity index (χ1n) is 10.5. The average molecular weight is 425 g/mol. The Labute approximate surface area is 186 Å². The number of aromatic nitrogens is 3. The summed E-state index contributed by atoms with van der Waals surface area (Å²) in [5.74, 6) is -0.223. The van der Waals surface area contributed by atoms with Crippen LogP contribution in [0.3, 0.4) is 0 Å². The monoisotopic (exact) mass is 424 g/mol. The van der Waals surface area contributed by atoms with Gasteiger partial charge in [-0.2, -0.15) is 5.10 Å². The summed E-state index contributed by atoms with van der Waals surface area (Å²) in [6.07, 6.45) is 1.57. The maximum Gasteiger partial charge on any atom is 0.267 e. The van der Waals surface area contributed by atoms with E-state index in [0.29, 0.717) is 29.1 Å². The molecule has 0 saturated heterocycles. The standard InChI is InChI=1S/C26H24N4O2/c1-18(2)30-24(31)14-13-23(29-30)22-15-21(17-27-25(22)20-11-7-4-8-12-20)26(32)28-16-19-9-5-3-6-10-19/h3-15,17-18H,16H2,1-2H3,(H,28,32). The third kappa shape index (κ3) is 4.64. The molecule has 0 radical (unpaired) electrons. The van der Waals surface area contributed by atoms with Crippen LogP contribution in [0.15, 0.2) is 89.9 Å². The number of benzene rings is 2. The minimum Gasteiger partial charge on any atom is -0.348 e. The van der Waals surface area contributed by atoms with Gasteiger partial charge in [-0.1, -0.05) is 60.7 Å². The van der Waals surface area contributed by atoms with Crippen LogP contribution in [0.1, 0.15) is 35.8 Å². The molecule has 0 aliphatic carbocycles. The summed E-state index contributed by atoms with van der Waals surface area (Å²) < 4.78 is 1.44. The topological polar surface area (TPSA) is 76.9 Å². The van der Waals surface area contributed by atoms with Crippen molar-refractivity contribution < 1.29 is 4.79 Å². The minimum atomic E-state index is -0.223. The molecule has 6 nitrogen and oxygen atoms in total. The summed E-state index contributed by atoms with van der Waals surface area (Å²) in [6, 6.07) is 24.3. The number of pyridine rings is 1. The van der Waals surface area contributed by atoms with E-state index in [1.165, 1.54) is 10.7 Å². The van der Waals surface area contributed by atoms with Gasteiger partial charge in [0.2, 0.25) is 0 Å². The lowest BCUT2D eigenvalue weighted by molar-refractivity contribution is 0.0950. The van der Waals surface area contributed by atoms with Gasteiger partial charge in [0.25, 0.3) is 11.5 Å². The Morgan fingerprint density at radius 3 is 2.34 bits per heavy atom. The van der Waals surface area contributed by atoms with E-state index >= 15 is 0 Å². The van der Waals surface area contributed by atoms with Crippen LogP contribution in [0.5, 0.6) is 0 Å². The van der Waals surface area contributed by atoms with Gasteiger partial charge in [0, 0.05) is 29.9 Å². The molecular weight excluding hydrogens is 400 g/mol. The molecule has 160 valence electrons. The smallest absolute Gasteiger partial charge is 0.267 e. The third-order valence-electron chi connectivity index (χ3n) is 5.08. The van der Waals surface area contributed by atoms with Crippen LogP contribution in [0, 0.1) is 0 Å². The molecule has 2 heterocycles. The fraction of sp³-hybridized carbons (Fsp3) is 0.154. The first kappa shape index (κ1) is 21.2. The van der Waals surface area contributed by atoms with Crippen molar-refractivity contribution >= 4 is 5.91 Å². The fourth-order valence-electron chi connectivity index (χ4n) is 3.43. The van der Waals surface area contributed by atoms with E-state index in [-0.39, 0.29) is 17.5 Å². The van der Waals surface area contributed by atoms with Gasteiger partial charge < -0.3 is 5.32 Å². The van der Waals surface area contributed by atoms with Crippen LogP contribution in [0.4, 0.5) is 0 Å². The Morgan fingerprint density at radius 2 is 1.66 bits per heavy atom. The van der Waals surface area contributed by atoms with Gasteiger partial charge >= 0.3 is 0 Å². The zero-order valence-corrected chi connectivity index (χ0v) is 18.0. The van der Waals surface area contributed by atoms with Crippen LogP contribution in [-0.2, 0) is 6.54 Å². The molecule has 1 amide bonds. The molecule has 0 spiro atoms. The van der Waals surface area contributed by atoms with Crippen molar-refractivity contribution in [1.82, 2.24) is 20.1 Å². The normalized spacial score (nSPS) is 10.8. The van der Waals surface area contributed by atoms with Crippen LogP contribution in [0.25, 0.3) is 22.5 Å². The highest BCUT2D eigenvalue weighted by Gasteiger charge is 2.16. The highest BCUT2D eigenvalue weighted by atomic mass is 16.1. The largest absolute Gasteiger partial charge is 0.348 e. The Kier molecular flexibility index (Phi) is 6.22. The van der Waals surface area contributed by atoms with Gasteiger partial charge in [0.1, 0.15) is 0 Å². The lowest BCUT2D eigenvalue weighted by atomic mass is 10.0. The Bertz CT molecular complexity index is 1280. The van der Waals surface area contributed by atoms with Crippen LogP contribution in [0.2, 0.25) is 0 Å². The molecular formula is C26H24N4O2. The van der Waals surface area contributed by atoms with E-state index in [1.807, 2.05) is 74.5 Å². The zero-order valence-electron chi connectivity index (χ0n) is 18.0. The number of nitrogens with one attached hydrogen (secondary N) is 1. The molecule has 0 bridgehead atoms. The molecule has 0 saturated carbocycles. The van der Waals surface area contributed by atoms with Gasteiger partial charge in [-0.3, -0.25) is 14.6 Å². The number of rotatable bonds is 6. The van der Waals surface area contributed by atoms with Crippen molar-refractivity contribution in [3.05, 3.63) is 107 Å². The lowest BCUT2D eigenvalue weighted by Gasteiger charge is -2.14. The van der Waals surface area contributed by atoms with Crippen molar-refractivity contribution in [2.75, 3.05) is 0 Å². The molecule has 2 aromatic heterocycles. The molecule has 0 unspecified atom stereocenters. The van der Waals surface area contributed by atoms with Crippen molar-refractivity contribution in [2.24, 2.45) is 0 Å². The van der Waals surface area contributed by atoms with Crippen molar-refractivity contribution in [3.8, 4) is 22.5 Å². The molecule has 0 atom stereocenters.